The first-order valence-corrected chi connectivity index (χ1v) is 13.4. The maximum atomic E-state index is 6.63. The van der Waals surface area contributed by atoms with Gasteiger partial charge in [-0.1, -0.05) is 11.6 Å². The van der Waals surface area contributed by atoms with Gasteiger partial charge in [0.1, 0.15) is 17.0 Å². The molecule has 5 heterocycles. The number of hydrogen-bond acceptors (Lipinski definition) is 8. The standard InChI is InChI=1S/C25H29ClN8S/c1-17-29-19(16-35-17)15-32-10-12-34(13-11-32)23-22-21(14-28-24(23)26)30-25(31-22)18-2-4-20(5-3-18)33-8-6-27-7-9-33/h2-5,14,16,27H,6-13,15H2,1H3,(H,30,31). The molecule has 0 spiro atoms. The van der Waals surface area contributed by atoms with E-state index in [2.05, 4.69) is 71.5 Å². The summed E-state index contributed by atoms with van der Waals surface area (Å²) in [6.07, 6.45) is 1.79. The van der Waals surface area contributed by atoms with Crippen molar-refractivity contribution < 1.29 is 0 Å². The number of benzene rings is 1. The molecular formula is C25H29ClN8S. The van der Waals surface area contributed by atoms with Gasteiger partial charge in [-0.15, -0.1) is 11.3 Å². The van der Waals surface area contributed by atoms with Crippen LogP contribution in [0.1, 0.15) is 10.7 Å². The van der Waals surface area contributed by atoms with E-state index in [0.717, 1.165) is 97.7 Å². The first kappa shape index (κ1) is 22.7. The molecule has 2 aliphatic rings. The summed E-state index contributed by atoms with van der Waals surface area (Å²) >= 11 is 8.34. The smallest absolute Gasteiger partial charge is 0.154 e. The number of imidazole rings is 1. The Bertz CT molecular complexity index is 1300. The third-order valence-electron chi connectivity index (χ3n) is 6.82. The highest BCUT2D eigenvalue weighted by molar-refractivity contribution is 7.09. The van der Waals surface area contributed by atoms with Gasteiger partial charge in [-0.05, 0) is 31.2 Å². The molecule has 2 fully saturated rings. The number of rotatable bonds is 5. The van der Waals surface area contributed by atoms with Gasteiger partial charge in [0, 0.05) is 75.5 Å². The third-order valence-corrected chi connectivity index (χ3v) is 7.92. The number of nitrogens with zero attached hydrogens (tertiary/aromatic N) is 6. The van der Waals surface area contributed by atoms with Gasteiger partial charge in [-0.3, -0.25) is 4.90 Å². The van der Waals surface area contributed by atoms with Gasteiger partial charge in [0.25, 0.3) is 0 Å². The maximum Gasteiger partial charge on any atom is 0.154 e. The number of nitrogens with one attached hydrogen (secondary N) is 2. The van der Waals surface area contributed by atoms with E-state index in [1.165, 1.54) is 5.69 Å². The van der Waals surface area contributed by atoms with Crippen molar-refractivity contribution >= 4 is 45.3 Å². The van der Waals surface area contributed by atoms with Gasteiger partial charge in [0.05, 0.1) is 22.4 Å². The predicted molar refractivity (Wildman–Crippen MR) is 144 cm³/mol. The number of fused-ring (bicyclic) bond motifs is 1. The molecule has 2 saturated heterocycles. The molecule has 0 atom stereocenters. The van der Waals surface area contributed by atoms with Crippen LogP contribution in [0.5, 0.6) is 0 Å². The van der Waals surface area contributed by atoms with Crippen LogP contribution in [0.4, 0.5) is 11.4 Å². The summed E-state index contributed by atoms with van der Waals surface area (Å²) in [5.41, 5.74) is 6.18. The molecule has 0 bridgehead atoms. The van der Waals surface area contributed by atoms with Gasteiger partial charge >= 0.3 is 0 Å². The van der Waals surface area contributed by atoms with Crippen molar-refractivity contribution in [3.8, 4) is 11.4 Å². The van der Waals surface area contributed by atoms with Crippen molar-refractivity contribution in [3.05, 3.63) is 51.7 Å². The molecule has 182 valence electrons. The Morgan fingerprint density at radius 2 is 1.74 bits per heavy atom. The summed E-state index contributed by atoms with van der Waals surface area (Å²) in [7, 11) is 0. The lowest BCUT2D eigenvalue weighted by Gasteiger charge is -2.35. The molecule has 35 heavy (non-hydrogen) atoms. The lowest BCUT2D eigenvalue weighted by molar-refractivity contribution is 0.247. The van der Waals surface area contributed by atoms with Crippen LogP contribution >= 0.6 is 22.9 Å². The van der Waals surface area contributed by atoms with Crippen molar-refractivity contribution in [1.82, 2.24) is 30.2 Å². The Hall–Kier alpha value is -2.72. The summed E-state index contributed by atoms with van der Waals surface area (Å²) in [6, 6.07) is 8.65. The van der Waals surface area contributed by atoms with Crippen LogP contribution < -0.4 is 15.1 Å². The topological polar surface area (TPSA) is 76.2 Å². The summed E-state index contributed by atoms with van der Waals surface area (Å²) in [6.45, 7) is 10.7. The average molecular weight is 509 g/mol. The molecular weight excluding hydrogens is 480 g/mol. The SMILES string of the molecule is Cc1nc(CN2CCN(c3c(Cl)ncc4[nH]c(-c5ccc(N6CCNCC6)cc5)nc34)CC2)cs1. The zero-order chi connectivity index (χ0) is 23.8. The zero-order valence-corrected chi connectivity index (χ0v) is 21.4. The van der Waals surface area contributed by atoms with Crippen LogP contribution in [0, 0.1) is 6.92 Å². The van der Waals surface area contributed by atoms with E-state index in [9.17, 15) is 0 Å². The number of anilines is 2. The second-order valence-electron chi connectivity index (χ2n) is 9.15. The molecule has 4 aromatic rings. The Morgan fingerprint density at radius 3 is 2.46 bits per heavy atom. The number of aromatic amines is 1. The van der Waals surface area contributed by atoms with E-state index in [4.69, 9.17) is 16.6 Å². The van der Waals surface area contributed by atoms with Crippen LogP contribution in [-0.2, 0) is 6.54 Å². The van der Waals surface area contributed by atoms with E-state index < -0.39 is 0 Å². The Labute approximate surface area is 214 Å². The largest absolute Gasteiger partial charge is 0.369 e. The summed E-state index contributed by atoms with van der Waals surface area (Å²) in [4.78, 5) is 24.7. The summed E-state index contributed by atoms with van der Waals surface area (Å²) in [5, 5.41) is 7.19. The first-order chi connectivity index (χ1) is 17.1. The van der Waals surface area contributed by atoms with Gasteiger partial charge in [0.2, 0.25) is 0 Å². The number of H-pyrrole nitrogens is 1. The maximum absolute atomic E-state index is 6.63. The van der Waals surface area contributed by atoms with Gasteiger partial charge in [-0.25, -0.2) is 15.0 Å². The van der Waals surface area contributed by atoms with Crippen LogP contribution in [0.2, 0.25) is 5.15 Å². The number of hydrogen-bond donors (Lipinski definition) is 2. The average Bonchev–Trinajstić information content (AvgIpc) is 3.51. The van der Waals surface area contributed by atoms with Crippen molar-refractivity contribution in [2.75, 3.05) is 62.2 Å². The van der Waals surface area contributed by atoms with Crippen LogP contribution in [-0.4, -0.2) is 77.2 Å². The molecule has 1 aromatic carbocycles. The van der Waals surface area contributed by atoms with Crippen LogP contribution in [0.25, 0.3) is 22.4 Å². The fraction of sp³-hybridized carbons (Fsp3) is 0.400. The molecule has 0 aliphatic carbocycles. The number of halogens is 1. The van der Waals surface area contributed by atoms with Crippen molar-refractivity contribution in [2.45, 2.75) is 13.5 Å². The van der Waals surface area contributed by atoms with Crippen LogP contribution in [0.3, 0.4) is 0 Å². The molecule has 6 rings (SSSR count). The fourth-order valence-electron chi connectivity index (χ4n) is 4.95. The second-order valence-corrected chi connectivity index (χ2v) is 10.6. The number of aromatic nitrogens is 4. The summed E-state index contributed by atoms with van der Waals surface area (Å²) in [5.74, 6) is 0.842. The zero-order valence-electron chi connectivity index (χ0n) is 19.8. The minimum Gasteiger partial charge on any atom is -0.369 e. The normalized spacial score (nSPS) is 17.4. The number of piperazine rings is 2. The Morgan fingerprint density at radius 1 is 0.971 bits per heavy atom. The molecule has 10 heteroatoms. The highest BCUT2D eigenvalue weighted by atomic mass is 35.5. The van der Waals surface area contributed by atoms with Gasteiger partial charge < -0.3 is 20.1 Å². The van der Waals surface area contributed by atoms with E-state index in [1.807, 2.05) is 0 Å². The number of pyridine rings is 1. The minimum absolute atomic E-state index is 0.508. The van der Waals surface area contributed by atoms with Crippen LogP contribution in [0.15, 0.2) is 35.8 Å². The number of aryl methyl sites for hydroxylation is 1. The molecule has 8 nitrogen and oxygen atoms in total. The second kappa shape index (κ2) is 9.73. The highest BCUT2D eigenvalue weighted by Gasteiger charge is 2.24. The van der Waals surface area contributed by atoms with Gasteiger partial charge in [0.15, 0.2) is 5.15 Å². The highest BCUT2D eigenvalue weighted by Crippen LogP contribution is 2.34. The first-order valence-electron chi connectivity index (χ1n) is 12.1. The van der Waals surface area contributed by atoms with E-state index in [0.29, 0.717) is 5.15 Å². The summed E-state index contributed by atoms with van der Waals surface area (Å²) < 4.78 is 0. The number of thiazole rings is 1. The van der Waals surface area contributed by atoms with E-state index in [-0.39, 0.29) is 0 Å². The fourth-order valence-corrected chi connectivity index (χ4v) is 5.81. The van der Waals surface area contributed by atoms with Crippen molar-refractivity contribution in [1.29, 1.82) is 0 Å². The lowest BCUT2D eigenvalue weighted by Crippen LogP contribution is -2.46. The van der Waals surface area contributed by atoms with E-state index in [1.54, 1.807) is 17.5 Å². The molecule has 0 amide bonds. The lowest BCUT2D eigenvalue weighted by atomic mass is 10.1. The monoisotopic (exact) mass is 508 g/mol. The van der Waals surface area contributed by atoms with Crippen molar-refractivity contribution in [2.24, 2.45) is 0 Å². The minimum atomic E-state index is 0.508. The quantitative estimate of drug-likeness (QED) is 0.397. The predicted octanol–water partition coefficient (Wildman–Crippen LogP) is 3.78. The Balaban J connectivity index is 1.21. The van der Waals surface area contributed by atoms with E-state index >= 15 is 0 Å². The molecule has 0 radical (unpaired) electrons. The third kappa shape index (κ3) is 4.73. The molecule has 2 aliphatic heterocycles. The molecule has 3 aromatic heterocycles. The molecule has 2 N–H and O–H groups in total. The molecule has 0 saturated carbocycles. The Kier molecular flexibility index (Phi) is 6.32. The van der Waals surface area contributed by atoms with Crippen molar-refractivity contribution in [3.63, 3.8) is 0 Å². The molecule has 0 unspecified atom stereocenters. The van der Waals surface area contributed by atoms with Gasteiger partial charge in [-0.2, -0.15) is 0 Å².